The van der Waals surface area contributed by atoms with Crippen molar-refractivity contribution in [1.29, 1.82) is 5.26 Å². The molecule has 1 amide bonds. The molecule has 1 aromatic carbocycles. The maximum Gasteiger partial charge on any atom is 0.331 e. The Hall–Kier alpha value is -3.50. The molecule has 2 heterocycles. The van der Waals surface area contributed by atoms with E-state index in [1.165, 1.54) is 17.4 Å². The topological polar surface area (TPSA) is 92.1 Å². The van der Waals surface area contributed by atoms with Gasteiger partial charge in [-0.25, -0.2) is 4.79 Å². The molecule has 7 heteroatoms. The third kappa shape index (κ3) is 4.03. The van der Waals surface area contributed by atoms with Gasteiger partial charge < -0.3 is 10.1 Å². The van der Waals surface area contributed by atoms with Gasteiger partial charge in [-0.1, -0.05) is 24.3 Å². The highest BCUT2D eigenvalue weighted by Crippen LogP contribution is 2.38. The van der Waals surface area contributed by atoms with Gasteiger partial charge in [0.1, 0.15) is 11.1 Å². The van der Waals surface area contributed by atoms with Gasteiger partial charge >= 0.3 is 5.97 Å². The van der Waals surface area contributed by atoms with E-state index in [-0.39, 0.29) is 0 Å². The number of para-hydroxylation sites is 1. The maximum atomic E-state index is 12.1. The molecule has 1 N–H and O–H groups in total. The van der Waals surface area contributed by atoms with Crippen molar-refractivity contribution in [3.05, 3.63) is 64.2 Å². The SMILES string of the molecule is N#Cc1c(NC(=O)COC(=O)/C=C/c2cccc3cccnc23)sc2c1CCC2. The smallest absolute Gasteiger partial charge is 0.331 e. The number of aryl methyl sites for hydroxylation is 1. The number of benzene rings is 1. The van der Waals surface area contributed by atoms with Crippen LogP contribution in [-0.2, 0) is 27.2 Å². The van der Waals surface area contributed by atoms with Gasteiger partial charge in [0.2, 0.25) is 0 Å². The van der Waals surface area contributed by atoms with Crippen molar-refractivity contribution >= 4 is 45.2 Å². The number of rotatable bonds is 5. The van der Waals surface area contributed by atoms with E-state index < -0.39 is 18.5 Å². The number of carbonyl (C=O) groups is 2. The predicted molar refractivity (Wildman–Crippen MR) is 111 cm³/mol. The van der Waals surface area contributed by atoms with Gasteiger partial charge in [-0.2, -0.15) is 5.26 Å². The number of amides is 1. The van der Waals surface area contributed by atoms with E-state index in [4.69, 9.17) is 4.74 Å². The third-order valence-corrected chi connectivity index (χ3v) is 5.90. The first-order valence-corrected chi connectivity index (χ1v) is 10.0. The summed E-state index contributed by atoms with van der Waals surface area (Å²) in [5.74, 6) is -1.09. The Morgan fingerprint density at radius 2 is 2.14 bits per heavy atom. The lowest BCUT2D eigenvalue weighted by Gasteiger charge is -2.04. The zero-order valence-electron chi connectivity index (χ0n) is 15.5. The van der Waals surface area contributed by atoms with Gasteiger partial charge in [0.25, 0.3) is 5.91 Å². The van der Waals surface area contributed by atoms with Crippen molar-refractivity contribution in [2.45, 2.75) is 19.3 Å². The van der Waals surface area contributed by atoms with Crippen molar-refractivity contribution in [2.75, 3.05) is 11.9 Å². The molecule has 0 fully saturated rings. The van der Waals surface area contributed by atoms with Crippen LogP contribution in [-0.4, -0.2) is 23.5 Å². The van der Waals surface area contributed by atoms with Crippen molar-refractivity contribution in [3.63, 3.8) is 0 Å². The van der Waals surface area contributed by atoms with Crippen molar-refractivity contribution < 1.29 is 14.3 Å². The molecule has 0 radical (unpaired) electrons. The summed E-state index contributed by atoms with van der Waals surface area (Å²) in [5.41, 5.74) is 3.14. The molecule has 0 saturated carbocycles. The molecule has 0 unspecified atom stereocenters. The zero-order valence-corrected chi connectivity index (χ0v) is 16.3. The summed E-state index contributed by atoms with van der Waals surface area (Å²) in [4.78, 5) is 29.6. The van der Waals surface area contributed by atoms with Crippen LogP contribution in [0.5, 0.6) is 0 Å². The van der Waals surface area contributed by atoms with Crippen LogP contribution in [0.15, 0.2) is 42.6 Å². The van der Waals surface area contributed by atoms with Crippen LogP contribution in [0, 0.1) is 11.3 Å². The highest BCUT2D eigenvalue weighted by Gasteiger charge is 2.23. The van der Waals surface area contributed by atoms with Gasteiger partial charge in [-0.15, -0.1) is 11.3 Å². The van der Waals surface area contributed by atoms with E-state index in [0.29, 0.717) is 10.6 Å². The molecular weight excluding hydrogens is 386 g/mol. The number of hydrogen-bond acceptors (Lipinski definition) is 6. The number of hydrogen-bond donors (Lipinski definition) is 1. The van der Waals surface area contributed by atoms with Gasteiger partial charge in [0.15, 0.2) is 6.61 Å². The Kier molecular flexibility index (Phi) is 5.36. The van der Waals surface area contributed by atoms with Gasteiger partial charge in [-0.3, -0.25) is 9.78 Å². The van der Waals surface area contributed by atoms with E-state index in [1.807, 2.05) is 30.3 Å². The summed E-state index contributed by atoms with van der Waals surface area (Å²) in [6, 6.07) is 11.6. The molecular formula is C22H17N3O3S. The number of nitriles is 1. The molecule has 4 rings (SSSR count). The number of ether oxygens (including phenoxy) is 1. The highest BCUT2D eigenvalue weighted by atomic mass is 32.1. The fourth-order valence-corrected chi connectivity index (χ4v) is 4.63. The summed E-state index contributed by atoms with van der Waals surface area (Å²) in [6.07, 6.45) is 7.43. The van der Waals surface area contributed by atoms with Crippen LogP contribution in [0.2, 0.25) is 0 Å². The fourth-order valence-electron chi connectivity index (χ4n) is 3.38. The van der Waals surface area contributed by atoms with Crippen LogP contribution < -0.4 is 5.32 Å². The van der Waals surface area contributed by atoms with Crippen LogP contribution in [0.4, 0.5) is 5.00 Å². The van der Waals surface area contributed by atoms with Crippen molar-refractivity contribution in [2.24, 2.45) is 0 Å². The average Bonchev–Trinajstić information content (AvgIpc) is 3.31. The van der Waals surface area contributed by atoms with Gasteiger partial charge in [-0.05, 0) is 37.0 Å². The van der Waals surface area contributed by atoms with Crippen LogP contribution >= 0.6 is 11.3 Å². The Balaban J connectivity index is 1.36. The lowest BCUT2D eigenvalue weighted by molar-refractivity contribution is -0.142. The Morgan fingerprint density at radius 3 is 3.00 bits per heavy atom. The number of anilines is 1. The van der Waals surface area contributed by atoms with E-state index in [0.717, 1.165) is 46.2 Å². The van der Waals surface area contributed by atoms with E-state index >= 15 is 0 Å². The molecule has 0 atom stereocenters. The number of fused-ring (bicyclic) bond motifs is 2. The number of esters is 1. The molecule has 1 aliphatic carbocycles. The first-order valence-electron chi connectivity index (χ1n) is 9.19. The number of carbonyl (C=O) groups excluding carboxylic acids is 2. The standard InChI is InChI=1S/C22H17N3O3S/c23-12-17-16-7-2-8-18(16)29-22(17)25-19(26)13-28-20(27)10-9-15-5-1-4-14-6-3-11-24-21(14)15/h1,3-6,9-11H,2,7-8,13H2,(H,25,26)/b10-9+. The second kappa shape index (κ2) is 8.25. The Morgan fingerprint density at radius 1 is 1.28 bits per heavy atom. The fraction of sp³-hybridized carbons (Fsp3) is 0.182. The van der Waals surface area contributed by atoms with Crippen LogP contribution in [0.25, 0.3) is 17.0 Å². The maximum absolute atomic E-state index is 12.1. The zero-order chi connectivity index (χ0) is 20.2. The number of nitrogens with zero attached hydrogens (tertiary/aromatic N) is 2. The molecule has 144 valence electrons. The molecule has 1 aliphatic rings. The van der Waals surface area contributed by atoms with Crippen molar-refractivity contribution in [3.8, 4) is 6.07 Å². The first kappa shape index (κ1) is 18.8. The first-order chi connectivity index (χ1) is 14.2. The molecule has 29 heavy (non-hydrogen) atoms. The summed E-state index contributed by atoms with van der Waals surface area (Å²) >= 11 is 1.43. The van der Waals surface area contributed by atoms with Gasteiger partial charge in [0.05, 0.1) is 11.1 Å². The molecule has 0 bridgehead atoms. The Labute approximate surface area is 171 Å². The largest absolute Gasteiger partial charge is 0.452 e. The van der Waals surface area contributed by atoms with Crippen LogP contribution in [0.3, 0.4) is 0 Å². The third-order valence-electron chi connectivity index (χ3n) is 4.69. The number of aromatic nitrogens is 1. The minimum absolute atomic E-state index is 0.412. The molecule has 0 aliphatic heterocycles. The normalized spacial score (nSPS) is 12.7. The van der Waals surface area contributed by atoms with Crippen molar-refractivity contribution in [1.82, 2.24) is 4.98 Å². The average molecular weight is 403 g/mol. The second-order valence-corrected chi connectivity index (χ2v) is 7.69. The highest BCUT2D eigenvalue weighted by molar-refractivity contribution is 7.16. The number of nitrogens with one attached hydrogen (secondary N) is 1. The molecule has 0 saturated heterocycles. The molecule has 0 spiro atoms. The predicted octanol–water partition coefficient (Wildman–Crippen LogP) is 3.85. The summed E-state index contributed by atoms with van der Waals surface area (Å²) in [7, 11) is 0. The van der Waals surface area contributed by atoms with E-state index in [9.17, 15) is 14.9 Å². The minimum Gasteiger partial charge on any atom is -0.452 e. The van der Waals surface area contributed by atoms with E-state index in [1.54, 1.807) is 12.3 Å². The van der Waals surface area contributed by atoms with Gasteiger partial charge in [0, 0.05) is 28.1 Å². The molecule has 3 aromatic rings. The number of pyridine rings is 1. The van der Waals surface area contributed by atoms with E-state index in [2.05, 4.69) is 16.4 Å². The quantitative estimate of drug-likeness (QED) is 0.516. The van der Waals surface area contributed by atoms with Crippen LogP contribution in [0.1, 0.15) is 28.0 Å². The molecule has 6 nitrogen and oxygen atoms in total. The lowest BCUT2D eigenvalue weighted by Crippen LogP contribution is -2.20. The monoisotopic (exact) mass is 403 g/mol. The summed E-state index contributed by atoms with van der Waals surface area (Å²) in [6.45, 7) is -0.412. The summed E-state index contributed by atoms with van der Waals surface area (Å²) < 4.78 is 5.02. The minimum atomic E-state index is -0.623. The molecule has 2 aromatic heterocycles. The second-order valence-electron chi connectivity index (χ2n) is 6.58. The number of thiophene rings is 1. The Bertz CT molecular complexity index is 1170. The summed E-state index contributed by atoms with van der Waals surface area (Å²) in [5, 5.41) is 13.6. The lowest BCUT2D eigenvalue weighted by atomic mass is 10.1.